The van der Waals surface area contributed by atoms with Crippen LogP contribution in [0.3, 0.4) is 0 Å². The van der Waals surface area contributed by atoms with Gasteiger partial charge in [-0.15, -0.1) is 11.3 Å². The van der Waals surface area contributed by atoms with E-state index in [9.17, 15) is 13.2 Å². The molecule has 0 aliphatic heterocycles. The van der Waals surface area contributed by atoms with Crippen molar-refractivity contribution >= 4 is 32.2 Å². The number of sulfone groups is 1. The van der Waals surface area contributed by atoms with Crippen LogP contribution in [0.4, 0.5) is 5.13 Å². The Hall–Kier alpha value is -3.02. The molecule has 9 nitrogen and oxygen atoms in total. The lowest BCUT2D eigenvalue weighted by atomic mass is 10.2. The Morgan fingerprint density at radius 2 is 1.85 bits per heavy atom. The summed E-state index contributed by atoms with van der Waals surface area (Å²) in [7, 11) is -1.76. The number of thiazole rings is 1. The predicted molar refractivity (Wildman–Crippen MR) is 125 cm³/mol. The Morgan fingerprint density at radius 3 is 2.45 bits per heavy atom. The smallest absolute Gasteiger partial charge is 0.257 e. The summed E-state index contributed by atoms with van der Waals surface area (Å²) in [6.45, 7) is 5.56. The van der Waals surface area contributed by atoms with Crippen molar-refractivity contribution in [2.24, 2.45) is 0 Å². The van der Waals surface area contributed by atoms with Gasteiger partial charge in [0.15, 0.2) is 15.0 Å². The van der Waals surface area contributed by atoms with Crippen molar-refractivity contribution in [3.63, 3.8) is 0 Å². The van der Waals surface area contributed by atoms with Crippen molar-refractivity contribution in [2.75, 3.05) is 24.8 Å². The summed E-state index contributed by atoms with van der Waals surface area (Å²) in [6.07, 6.45) is -0.311. The molecule has 1 amide bonds. The Morgan fingerprint density at radius 1 is 1.15 bits per heavy atom. The number of aromatic nitrogens is 2. The largest absolute Gasteiger partial charge is 0.472 e. The maximum atomic E-state index is 12.8. The van der Waals surface area contributed by atoms with Crippen LogP contribution >= 0.6 is 11.3 Å². The van der Waals surface area contributed by atoms with E-state index in [1.807, 2.05) is 19.2 Å². The number of carbonyl (C=O) groups is 1. The zero-order chi connectivity index (χ0) is 24.0. The fourth-order valence-electron chi connectivity index (χ4n) is 2.78. The number of carbonyl (C=O) groups excluding carboxylic acids is 1. The number of anilines is 1. The number of rotatable bonds is 10. The highest BCUT2D eigenvalue weighted by Gasteiger charge is 2.16. The molecule has 1 aromatic carbocycles. The van der Waals surface area contributed by atoms with Gasteiger partial charge in [0.25, 0.3) is 5.91 Å². The third-order valence-electron chi connectivity index (χ3n) is 4.39. The number of methoxy groups -OCH3 is 1. The fraction of sp³-hybridized carbons (Fsp3) is 0.318. The zero-order valence-corrected chi connectivity index (χ0v) is 20.3. The number of amides is 1. The first-order valence-electron chi connectivity index (χ1n) is 10.1. The van der Waals surface area contributed by atoms with Crippen molar-refractivity contribution in [3.8, 4) is 17.5 Å². The number of nitrogens with zero attached hydrogens (tertiary/aromatic N) is 2. The van der Waals surface area contributed by atoms with Crippen LogP contribution < -0.4 is 14.8 Å². The second-order valence-corrected chi connectivity index (χ2v) is 10.3. The molecule has 0 radical (unpaired) electrons. The quantitative estimate of drug-likeness (QED) is 0.451. The molecule has 0 fully saturated rings. The minimum absolute atomic E-state index is 0.00486. The normalized spacial score (nSPS) is 12.2. The minimum atomic E-state index is -3.32. The summed E-state index contributed by atoms with van der Waals surface area (Å²) in [6, 6.07) is 8.97. The topological polar surface area (TPSA) is 117 Å². The van der Waals surface area contributed by atoms with E-state index >= 15 is 0 Å². The van der Waals surface area contributed by atoms with Crippen molar-refractivity contribution in [1.29, 1.82) is 0 Å². The van der Waals surface area contributed by atoms with Gasteiger partial charge in [-0.25, -0.2) is 13.4 Å². The fourth-order valence-corrected chi connectivity index (χ4v) is 4.35. The molecule has 0 aliphatic carbocycles. The molecule has 0 spiro atoms. The number of hydrogen-bond donors (Lipinski definition) is 1. The second-order valence-electron chi connectivity index (χ2n) is 7.14. The molecule has 0 saturated carbocycles. The Balaban J connectivity index is 1.87. The van der Waals surface area contributed by atoms with E-state index in [0.29, 0.717) is 17.5 Å². The van der Waals surface area contributed by atoms with Crippen LogP contribution in [0.15, 0.2) is 46.7 Å². The average Bonchev–Trinajstić information content (AvgIpc) is 3.18. The molecule has 176 valence electrons. The number of pyridine rings is 1. The average molecular weight is 492 g/mol. The Labute approximate surface area is 196 Å². The first kappa shape index (κ1) is 24.6. The maximum Gasteiger partial charge on any atom is 0.257 e. The molecular weight excluding hydrogens is 466 g/mol. The van der Waals surface area contributed by atoms with Crippen molar-refractivity contribution in [3.05, 3.63) is 53.0 Å². The van der Waals surface area contributed by atoms with Gasteiger partial charge < -0.3 is 14.2 Å². The third-order valence-corrected chi connectivity index (χ3v) is 7.01. The molecule has 11 heteroatoms. The number of aryl methyl sites for hydroxylation is 1. The number of ether oxygens (including phenoxy) is 3. The van der Waals surface area contributed by atoms with E-state index in [4.69, 9.17) is 14.2 Å². The lowest BCUT2D eigenvalue weighted by Crippen LogP contribution is -2.19. The first-order chi connectivity index (χ1) is 15.7. The van der Waals surface area contributed by atoms with Crippen molar-refractivity contribution < 1.29 is 27.4 Å². The number of hydrogen-bond acceptors (Lipinski definition) is 9. The van der Waals surface area contributed by atoms with Gasteiger partial charge in [0.1, 0.15) is 11.9 Å². The molecule has 0 saturated heterocycles. The molecule has 3 aromatic rings. The summed E-state index contributed by atoms with van der Waals surface area (Å²) in [5.74, 6) is 0.267. The van der Waals surface area contributed by atoms with Crippen LogP contribution in [0.25, 0.3) is 0 Å². The Kier molecular flexibility index (Phi) is 8.01. The second kappa shape index (κ2) is 10.7. The highest BCUT2D eigenvalue weighted by molar-refractivity contribution is 7.91. The van der Waals surface area contributed by atoms with Crippen LogP contribution in [0.5, 0.6) is 17.5 Å². The Bertz CT molecular complexity index is 1210. The highest BCUT2D eigenvalue weighted by atomic mass is 32.2. The van der Waals surface area contributed by atoms with Crippen molar-refractivity contribution in [2.45, 2.75) is 31.8 Å². The van der Waals surface area contributed by atoms with Gasteiger partial charge in [0, 0.05) is 24.6 Å². The summed E-state index contributed by atoms with van der Waals surface area (Å²) in [4.78, 5) is 21.6. The van der Waals surface area contributed by atoms with Crippen LogP contribution in [0, 0.1) is 6.92 Å². The van der Waals surface area contributed by atoms with E-state index in [1.54, 1.807) is 14.0 Å². The van der Waals surface area contributed by atoms with Gasteiger partial charge >= 0.3 is 0 Å². The van der Waals surface area contributed by atoms with E-state index in [-0.39, 0.29) is 34.1 Å². The van der Waals surface area contributed by atoms with E-state index in [0.717, 1.165) is 5.69 Å². The molecule has 3 rings (SSSR count). The molecule has 2 heterocycles. The molecule has 1 N–H and O–H groups in total. The monoisotopic (exact) mass is 491 g/mol. The molecule has 0 unspecified atom stereocenters. The maximum absolute atomic E-state index is 12.8. The van der Waals surface area contributed by atoms with Gasteiger partial charge in [0.05, 0.1) is 28.5 Å². The van der Waals surface area contributed by atoms with Crippen LogP contribution in [0.1, 0.15) is 29.9 Å². The molecule has 0 bridgehead atoms. The van der Waals surface area contributed by atoms with E-state index in [1.165, 1.54) is 47.7 Å². The van der Waals surface area contributed by atoms with Gasteiger partial charge in [-0.1, -0.05) is 6.92 Å². The number of nitrogens with one attached hydrogen (secondary N) is 1. The van der Waals surface area contributed by atoms with Crippen LogP contribution in [-0.2, 0) is 14.6 Å². The summed E-state index contributed by atoms with van der Waals surface area (Å²) in [5, 5.41) is 5.05. The lowest BCUT2D eigenvalue weighted by molar-refractivity contribution is 0.0882. The van der Waals surface area contributed by atoms with Gasteiger partial charge in [-0.3, -0.25) is 10.1 Å². The first-order valence-corrected chi connectivity index (χ1v) is 12.6. The standard InChI is InChI=1S/C22H25N3O6S2/c1-5-33(27,28)18-8-6-17(7-9-18)31-20-11-16(10-19(24-20)30-15(3)12-29-4)21(26)25-22-23-14(2)13-32-22/h6-11,13,15H,5,12H2,1-4H3,(H,23,25,26)/t15-/m1/s1. The summed E-state index contributed by atoms with van der Waals surface area (Å²) in [5.41, 5.74) is 1.07. The van der Waals surface area contributed by atoms with Gasteiger partial charge in [-0.05, 0) is 38.1 Å². The SMILES string of the molecule is CCS(=O)(=O)c1ccc(Oc2cc(C(=O)Nc3nc(C)cs3)cc(O[C@H](C)COC)n2)cc1. The van der Waals surface area contributed by atoms with Crippen LogP contribution in [0.2, 0.25) is 0 Å². The van der Waals surface area contributed by atoms with E-state index < -0.39 is 15.7 Å². The predicted octanol–water partition coefficient (Wildman–Crippen LogP) is 4.10. The van der Waals surface area contributed by atoms with Crippen LogP contribution in [-0.4, -0.2) is 49.9 Å². The minimum Gasteiger partial charge on any atom is -0.472 e. The van der Waals surface area contributed by atoms with Gasteiger partial charge in [-0.2, -0.15) is 4.98 Å². The molecule has 33 heavy (non-hydrogen) atoms. The summed E-state index contributed by atoms with van der Waals surface area (Å²) < 4.78 is 40.7. The molecular formula is C22H25N3O6S2. The zero-order valence-electron chi connectivity index (χ0n) is 18.7. The molecule has 1 atom stereocenters. The highest BCUT2D eigenvalue weighted by Crippen LogP contribution is 2.26. The lowest BCUT2D eigenvalue weighted by Gasteiger charge is -2.15. The summed E-state index contributed by atoms with van der Waals surface area (Å²) >= 11 is 1.32. The van der Waals surface area contributed by atoms with Gasteiger partial charge in [0.2, 0.25) is 11.8 Å². The van der Waals surface area contributed by atoms with E-state index in [2.05, 4.69) is 15.3 Å². The third kappa shape index (κ3) is 6.73. The molecule has 0 aliphatic rings. The molecule has 2 aromatic heterocycles. The number of benzene rings is 1. The van der Waals surface area contributed by atoms with Crippen molar-refractivity contribution in [1.82, 2.24) is 9.97 Å².